The molecule has 40 heavy (non-hydrogen) atoms. The monoisotopic (exact) mass is 596 g/mol. The zero-order chi connectivity index (χ0) is 29.5. The van der Waals surface area contributed by atoms with Crippen LogP contribution >= 0.6 is 11.8 Å². The Labute approximate surface area is 238 Å². The summed E-state index contributed by atoms with van der Waals surface area (Å²) in [5.74, 6) is -1.84. The number of benzene rings is 2. The maximum Gasteiger partial charge on any atom is 0.265 e. The third kappa shape index (κ3) is 8.14. The fraction of sp³-hybridized carbons (Fsp3) is 0.481. The van der Waals surface area contributed by atoms with Crippen LogP contribution in [-0.4, -0.2) is 77.1 Å². The number of methoxy groups -OCH3 is 1. The van der Waals surface area contributed by atoms with Crippen molar-refractivity contribution >= 4 is 33.4 Å². The van der Waals surface area contributed by atoms with Crippen LogP contribution in [0.5, 0.6) is 0 Å². The number of nitrogens with zero attached hydrogens (tertiary/aromatic N) is 2. The fourth-order valence-corrected chi connectivity index (χ4v) is 6.35. The molecule has 0 saturated carbocycles. The van der Waals surface area contributed by atoms with Gasteiger partial charge in [-0.25, -0.2) is 21.9 Å². The third-order valence-corrected chi connectivity index (χ3v) is 8.98. The molecule has 0 aromatic heterocycles. The third-order valence-electron chi connectivity index (χ3n) is 6.54. The van der Waals surface area contributed by atoms with Crippen LogP contribution in [0.4, 0.5) is 14.5 Å². The van der Waals surface area contributed by atoms with Crippen molar-refractivity contribution in [2.45, 2.75) is 53.7 Å². The first-order valence-electron chi connectivity index (χ1n) is 12.7. The molecular weight excluding hydrogens is 562 g/mol. The molecule has 1 heterocycles. The summed E-state index contributed by atoms with van der Waals surface area (Å²) in [6, 6.07) is 9.02. The Morgan fingerprint density at radius 1 is 1.25 bits per heavy atom. The van der Waals surface area contributed by atoms with Crippen molar-refractivity contribution < 1.29 is 31.5 Å². The number of nitriles is 1. The Morgan fingerprint density at radius 3 is 2.52 bits per heavy atom. The number of carbonyl (C=O) groups is 1. The van der Waals surface area contributed by atoms with Crippen molar-refractivity contribution in [3.63, 3.8) is 0 Å². The Morgan fingerprint density at radius 2 is 1.95 bits per heavy atom. The molecule has 1 saturated heterocycles. The minimum Gasteiger partial charge on any atom is -0.378 e. The normalized spacial score (nSPS) is 19.1. The van der Waals surface area contributed by atoms with E-state index in [0.717, 1.165) is 23.4 Å². The van der Waals surface area contributed by atoms with Crippen LogP contribution in [0.15, 0.2) is 46.2 Å². The molecule has 0 unspecified atom stereocenters. The largest absolute Gasteiger partial charge is 0.378 e. The van der Waals surface area contributed by atoms with Crippen molar-refractivity contribution in [2.24, 2.45) is 0 Å². The molecule has 1 aliphatic rings. The van der Waals surface area contributed by atoms with Gasteiger partial charge < -0.3 is 19.7 Å². The number of halogens is 2. The van der Waals surface area contributed by atoms with Gasteiger partial charge in [-0.2, -0.15) is 5.26 Å². The van der Waals surface area contributed by atoms with Gasteiger partial charge in [-0.3, -0.25) is 4.79 Å². The van der Waals surface area contributed by atoms with E-state index in [4.69, 9.17) is 9.47 Å². The summed E-state index contributed by atoms with van der Waals surface area (Å²) >= 11 is 1.39. The first-order chi connectivity index (χ1) is 18.9. The zero-order valence-corrected chi connectivity index (χ0v) is 24.5. The van der Waals surface area contributed by atoms with Gasteiger partial charge in [0.15, 0.2) is 0 Å². The zero-order valence-electron chi connectivity index (χ0n) is 22.9. The van der Waals surface area contributed by atoms with Crippen LogP contribution in [0.1, 0.15) is 31.7 Å². The molecular formula is C27H34F2N4O5S2. The summed E-state index contributed by atoms with van der Waals surface area (Å²) in [7, 11) is 0.720. The molecule has 1 fully saturated rings. The molecule has 2 aromatic carbocycles. The molecule has 3 atom stereocenters. The first kappa shape index (κ1) is 31.8. The second kappa shape index (κ2) is 13.7. The van der Waals surface area contributed by atoms with Crippen LogP contribution in [0.2, 0.25) is 0 Å². The van der Waals surface area contributed by atoms with Gasteiger partial charge in [0.1, 0.15) is 23.3 Å². The summed E-state index contributed by atoms with van der Waals surface area (Å²) in [4.78, 5) is 14.8. The smallest absolute Gasteiger partial charge is 0.265 e. The van der Waals surface area contributed by atoms with Crippen molar-refractivity contribution in [3.05, 3.63) is 53.6 Å². The summed E-state index contributed by atoms with van der Waals surface area (Å²) < 4.78 is 68.0. The highest BCUT2D eigenvalue weighted by Crippen LogP contribution is 2.29. The second-order valence-electron chi connectivity index (χ2n) is 9.96. The van der Waals surface area contributed by atoms with Gasteiger partial charge in [0, 0.05) is 30.9 Å². The van der Waals surface area contributed by atoms with Crippen molar-refractivity contribution in [1.29, 1.82) is 5.26 Å². The Balaban J connectivity index is 1.88. The number of sulfonamides is 1. The van der Waals surface area contributed by atoms with E-state index in [1.165, 1.54) is 37.9 Å². The number of nitrogens with one attached hydrogen (secondary N) is 2. The van der Waals surface area contributed by atoms with Crippen molar-refractivity contribution in [3.8, 4) is 6.07 Å². The fourth-order valence-electron chi connectivity index (χ4n) is 4.24. The van der Waals surface area contributed by atoms with Gasteiger partial charge in [0.05, 0.1) is 28.3 Å². The molecule has 1 amide bonds. The topological polar surface area (TPSA) is 121 Å². The number of rotatable bonds is 12. The van der Waals surface area contributed by atoms with Crippen molar-refractivity contribution in [1.82, 2.24) is 9.62 Å². The molecule has 0 spiro atoms. The van der Waals surface area contributed by atoms with Crippen LogP contribution in [0.25, 0.3) is 0 Å². The molecule has 3 rings (SSSR count). The highest BCUT2D eigenvalue weighted by Gasteiger charge is 2.38. The lowest BCUT2D eigenvalue weighted by atomic mass is 9.95. The molecule has 218 valence electrons. The van der Waals surface area contributed by atoms with E-state index < -0.39 is 44.4 Å². The van der Waals surface area contributed by atoms with Gasteiger partial charge in [0.25, 0.3) is 15.9 Å². The number of hydrogen-bond donors (Lipinski definition) is 2. The average Bonchev–Trinajstić information content (AvgIpc) is 2.91. The summed E-state index contributed by atoms with van der Waals surface area (Å²) in [5, 5.41) is 12.8. The molecule has 1 aliphatic heterocycles. The number of likely N-dealkylation sites (N-methyl/N-ethyl adjacent to an activating group) is 1. The van der Waals surface area contributed by atoms with E-state index in [-0.39, 0.29) is 17.1 Å². The maximum absolute atomic E-state index is 15.5. The van der Waals surface area contributed by atoms with E-state index >= 15 is 4.39 Å². The molecule has 0 aliphatic carbocycles. The predicted molar refractivity (Wildman–Crippen MR) is 149 cm³/mol. The van der Waals surface area contributed by atoms with Crippen molar-refractivity contribution in [2.75, 3.05) is 45.4 Å². The summed E-state index contributed by atoms with van der Waals surface area (Å²) in [6.07, 6.45) is 1.37. The first-order valence-corrected chi connectivity index (χ1v) is 15.1. The minimum absolute atomic E-state index is 0.194. The van der Waals surface area contributed by atoms with Gasteiger partial charge in [-0.15, -0.1) is 11.8 Å². The number of carbonyl (C=O) groups excluding carboxylic acids is 1. The average molecular weight is 597 g/mol. The van der Waals surface area contributed by atoms with E-state index in [1.807, 2.05) is 29.8 Å². The molecule has 0 radical (unpaired) electrons. The van der Waals surface area contributed by atoms with Gasteiger partial charge in [0.2, 0.25) is 0 Å². The number of amides is 1. The molecule has 9 nitrogen and oxygen atoms in total. The van der Waals surface area contributed by atoms with E-state index in [9.17, 15) is 22.9 Å². The Kier molecular flexibility index (Phi) is 10.9. The quantitative estimate of drug-likeness (QED) is 0.353. The highest BCUT2D eigenvalue weighted by molar-refractivity contribution is 7.99. The second-order valence-corrected chi connectivity index (χ2v) is 12.7. The number of ether oxygens (including phenoxy) is 2. The van der Waals surface area contributed by atoms with E-state index in [0.29, 0.717) is 31.7 Å². The Hall–Kier alpha value is -2.76. The van der Waals surface area contributed by atoms with Gasteiger partial charge in [-0.05, 0) is 76.7 Å². The number of anilines is 1. The van der Waals surface area contributed by atoms with Gasteiger partial charge in [-0.1, -0.05) is 0 Å². The lowest BCUT2D eigenvalue weighted by Gasteiger charge is -2.32. The lowest BCUT2D eigenvalue weighted by molar-refractivity contribution is -0.148. The summed E-state index contributed by atoms with van der Waals surface area (Å²) in [5.41, 5.74) is -1.77. The van der Waals surface area contributed by atoms with E-state index in [1.54, 1.807) is 12.1 Å². The molecule has 2 N–H and O–H groups in total. The van der Waals surface area contributed by atoms with Crippen LogP contribution < -0.4 is 10.0 Å². The molecule has 2 aromatic rings. The standard InChI is InChI=1S/C27H34F2N4O5S2/c1-27(11-5-6-12-38-27)26(34)32-40(35,36)21-13-18(15-30)25(22(29)14-21)31-23(24(37-4)16-33(2)3)17-39-20-9-7-19(28)8-10-20/h7-10,13-14,23-24,31H,5-6,11-12,16-17H2,1-4H3,(H,32,34)/t23-,24-,27+/m0/s1. The minimum atomic E-state index is -4.50. The Bertz CT molecular complexity index is 1330. The predicted octanol–water partition coefficient (Wildman–Crippen LogP) is 3.75. The SMILES string of the molecule is CO[C@@H](CN(C)C)[C@H](CSc1ccc(F)cc1)Nc1c(F)cc(S(=O)(=O)NC(=O)[C@@]2(C)CCCCO2)cc1C#N. The highest BCUT2D eigenvalue weighted by atomic mass is 32.2. The molecule has 13 heteroatoms. The van der Waals surface area contributed by atoms with Crippen LogP contribution in [0, 0.1) is 23.0 Å². The number of hydrogen-bond acceptors (Lipinski definition) is 9. The van der Waals surface area contributed by atoms with Crippen LogP contribution in [-0.2, 0) is 24.3 Å². The van der Waals surface area contributed by atoms with Gasteiger partial charge >= 0.3 is 0 Å². The number of thioether (sulfide) groups is 1. The van der Waals surface area contributed by atoms with E-state index in [2.05, 4.69) is 5.32 Å². The maximum atomic E-state index is 15.5. The molecule has 0 bridgehead atoms. The summed E-state index contributed by atoms with van der Waals surface area (Å²) in [6.45, 7) is 2.30. The van der Waals surface area contributed by atoms with Crippen LogP contribution in [0.3, 0.4) is 0 Å². The lowest BCUT2D eigenvalue weighted by Crippen LogP contribution is -2.50.